The molecule has 0 saturated carbocycles. The van der Waals surface area contributed by atoms with Crippen LogP contribution in [0, 0.1) is 18.3 Å². The molecule has 0 fully saturated rings. The minimum absolute atomic E-state index is 0.0513. The monoisotopic (exact) mass is 318 g/mol. The van der Waals surface area contributed by atoms with Crippen LogP contribution in [0.3, 0.4) is 0 Å². The molecular weight excluding hydrogens is 308 g/mol. The molecular formula is C14H11ClN4OS. The molecule has 0 atom stereocenters. The maximum absolute atomic E-state index is 12.1. The highest BCUT2D eigenvalue weighted by Crippen LogP contribution is 2.20. The number of halogens is 1. The van der Waals surface area contributed by atoms with E-state index in [1.807, 2.05) is 13.0 Å². The van der Waals surface area contributed by atoms with Gasteiger partial charge in [-0.3, -0.25) is 4.79 Å². The van der Waals surface area contributed by atoms with Gasteiger partial charge < -0.3 is 10.6 Å². The first-order valence-corrected chi connectivity index (χ1v) is 7.19. The van der Waals surface area contributed by atoms with E-state index in [9.17, 15) is 4.79 Å². The topological polar surface area (TPSA) is 77.8 Å². The van der Waals surface area contributed by atoms with Crippen LogP contribution in [0.15, 0.2) is 41.5 Å². The predicted octanol–water partition coefficient (Wildman–Crippen LogP) is 3.56. The van der Waals surface area contributed by atoms with Crippen molar-refractivity contribution in [2.24, 2.45) is 0 Å². The van der Waals surface area contributed by atoms with Crippen LogP contribution in [-0.2, 0) is 4.79 Å². The summed E-state index contributed by atoms with van der Waals surface area (Å²) in [6, 6.07) is 7.01. The predicted molar refractivity (Wildman–Crippen MR) is 84.3 cm³/mol. The van der Waals surface area contributed by atoms with E-state index in [1.54, 1.807) is 29.8 Å². The lowest BCUT2D eigenvalue weighted by Gasteiger charge is -2.08. The van der Waals surface area contributed by atoms with Gasteiger partial charge in [-0.05, 0) is 24.6 Å². The smallest absolute Gasteiger partial charge is 0.267 e. The molecule has 1 amide bonds. The van der Waals surface area contributed by atoms with Gasteiger partial charge >= 0.3 is 0 Å². The van der Waals surface area contributed by atoms with E-state index < -0.39 is 5.91 Å². The highest BCUT2D eigenvalue weighted by Gasteiger charge is 2.11. The number of carbonyl (C=O) groups is 1. The fraction of sp³-hybridized carbons (Fsp3) is 0.0714. The Bertz CT molecular complexity index is 719. The quantitative estimate of drug-likeness (QED) is 0.667. The lowest BCUT2D eigenvalue weighted by molar-refractivity contribution is -0.112. The summed E-state index contributed by atoms with van der Waals surface area (Å²) in [5, 5.41) is 17.4. The molecule has 2 rings (SSSR count). The van der Waals surface area contributed by atoms with Crippen LogP contribution in [-0.4, -0.2) is 10.9 Å². The molecule has 0 aliphatic carbocycles. The fourth-order valence-corrected chi connectivity index (χ4v) is 2.17. The SMILES string of the molecule is Cc1ccc(Cl)cc1NC(=O)/C(C#N)=C\Nc1nccs1. The van der Waals surface area contributed by atoms with E-state index in [0.717, 1.165) is 5.56 Å². The molecule has 0 radical (unpaired) electrons. The summed E-state index contributed by atoms with van der Waals surface area (Å²) in [5.41, 5.74) is 1.38. The average Bonchev–Trinajstić information content (AvgIpc) is 2.97. The van der Waals surface area contributed by atoms with Gasteiger partial charge in [-0.25, -0.2) is 4.98 Å². The lowest BCUT2D eigenvalue weighted by Crippen LogP contribution is -2.15. The van der Waals surface area contributed by atoms with Crippen LogP contribution in [0.4, 0.5) is 10.8 Å². The number of hydrogen-bond donors (Lipinski definition) is 2. The number of nitrogens with one attached hydrogen (secondary N) is 2. The van der Waals surface area contributed by atoms with Crippen molar-refractivity contribution in [3.8, 4) is 6.07 Å². The molecule has 0 aliphatic rings. The minimum Gasteiger partial charge on any atom is -0.337 e. The molecule has 7 heteroatoms. The van der Waals surface area contributed by atoms with Crippen molar-refractivity contribution in [3.63, 3.8) is 0 Å². The molecule has 1 aromatic carbocycles. The van der Waals surface area contributed by atoms with Crippen LogP contribution in [0.2, 0.25) is 5.02 Å². The third kappa shape index (κ3) is 4.05. The van der Waals surface area contributed by atoms with Crippen LogP contribution >= 0.6 is 22.9 Å². The van der Waals surface area contributed by atoms with Crippen molar-refractivity contribution in [3.05, 3.63) is 52.1 Å². The molecule has 0 aliphatic heterocycles. The van der Waals surface area contributed by atoms with Gasteiger partial charge in [-0.1, -0.05) is 17.7 Å². The zero-order valence-electron chi connectivity index (χ0n) is 11.1. The van der Waals surface area contributed by atoms with Crippen molar-refractivity contribution in [1.29, 1.82) is 5.26 Å². The van der Waals surface area contributed by atoms with Gasteiger partial charge in [0.25, 0.3) is 5.91 Å². The van der Waals surface area contributed by atoms with E-state index >= 15 is 0 Å². The largest absolute Gasteiger partial charge is 0.337 e. The summed E-state index contributed by atoms with van der Waals surface area (Å²) < 4.78 is 0. The van der Waals surface area contributed by atoms with Crippen molar-refractivity contribution >= 4 is 39.7 Å². The number of nitriles is 1. The highest BCUT2D eigenvalue weighted by atomic mass is 35.5. The van der Waals surface area contributed by atoms with E-state index in [-0.39, 0.29) is 5.57 Å². The highest BCUT2D eigenvalue weighted by molar-refractivity contribution is 7.13. The summed E-state index contributed by atoms with van der Waals surface area (Å²) in [4.78, 5) is 16.1. The summed E-state index contributed by atoms with van der Waals surface area (Å²) in [6.45, 7) is 1.84. The molecule has 2 N–H and O–H groups in total. The number of amides is 1. The Morgan fingerprint density at radius 1 is 1.52 bits per heavy atom. The normalized spacial score (nSPS) is 10.8. The molecule has 1 aromatic heterocycles. The molecule has 0 unspecified atom stereocenters. The average molecular weight is 319 g/mol. The van der Waals surface area contributed by atoms with Gasteiger partial charge in [0.15, 0.2) is 5.13 Å². The number of anilines is 2. The van der Waals surface area contributed by atoms with Crippen molar-refractivity contribution < 1.29 is 4.79 Å². The minimum atomic E-state index is -0.507. The van der Waals surface area contributed by atoms with E-state index in [0.29, 0.717) is 15.8 Å². The first kappa shape index (κ1) is 15.0. The number of carbonyl (C=O) groups excluding carboxylic acids is 1. The van der Waals surface area contributed by atoms with Gasteiger partial charge in [-0.15, -0.1) is 11.3 Å². The lowest BCUT2D eigenvalue weighted by atomic mass is 10.2. The third-order valence-electron chi connectivity index (χ3n) is 2.59. The zero-order chi connectivity index (χ0) is 15.2. The first-order valence-electron chi connectivity index (χ1n) is 5.94. The number of thiazole rings is 1. The van der Waals surface area contributed by atoms with Crippen LogP contribution in [0.1, 0.15) is 5.56 Å². The molecule has 106 valence electrons. The Balaban J connectivity index is 2.12. The fourth-order valence-electron chi connectivity index (χ4n) is 1.50. The molecule has 0 saturated heterocycles. The van der Waals surface area contributed by atoms with Crippen LogP contribution in [0.25, 0.3) is 0 Å². The number of hydrogen-bond acceptors (Lipinski definition) is 5. The standard InChI is InChI=1S/C14H11ClN4OS/c1-9-2-3-11(15)6-12(9)19-13(20)10(7-16)8-18-14-17-4-5-21-14/h2-6,8H,1H3,(H,17,18)(H,19,20)/b10-8-. The second-order valence-corrected chi connectivity index (χ2v) is 5.40. The van der Waals surface area contributed by atoms with E-state index in [2.05, 4.69) is 15.6 Å². The second kappa shape index (κ2) is 6.88. The Morgan fingerprint density at radius 3 is 3.00 bits per heavy atom. The van der Waals surface area contributed by atoms with E-state index in [1.165, 1.54) is 17.5 Å². The van der Waals surface area contributed by atoms with Gasteiger partial charge in [0.05, 0.1) is 0 Å². The molecule has 21 heavy (non-hydrogen) atoms. The number of aryl methyl sites for hydroxylation is 1. The first-order chi connectivity index (χ1) is 10.1. The summed E-state index contributed by atoms with van der Waals surface area (Å²) >= 11 is 7.26. The Morgan fingerprint density at radius 2 is 2.33 bits per heavy atom. The molecule has 2 aromatic rings. The summed E-state index contributed by atoms with van der Waals surface area (Å²) in [6.07, 6.45) is 2.95. The van der Waals surface area contributed by atoms with Gasteiger partial charge in [-0.2, -0.15) is 5.26 Å². The van der Waals surface area contributed by atoms with Crippen molar-refractivity contribution in [1.82, 2.24) is 4.98 Å². The maximum Gasteiger partial charge on any atom is 0.267 e. The molecule has 5 nitrogen and oxygen atoms in total. The Labute approximate surface area is 130 Å². The second-order valence-electron chi connectivity index (χ2n) is 4.06. The molecule has 0 bridgehead atoms. The van der Waals surface area contributed by atoms with Crippen LogP contribution < -0.4 is 10.6 Å². The zero-order valence-corrected chi connectivity index (χ0v) is 12.6. The van der Waals surface area contributed by atoms with Gasteiger partial charge in [0.2, 0.25) is 0 Å². The number of nitrogens with zero attached hydrogens (tertiary/aromatic N) is 2. The number of rotatable bonds is 4. The molecule has 1 heterocycles. The Hall–Kier alpha value is -2.36. The van der Waals surface area contributed by atoms with Gasteiger partial charge in [0, 0.05) is 28.5 Å². The molecule has 0 spiro atoms. The maximum atomic E-state index is 12.1. The van der Waals surface area contributed by atoms with Crippen molar-refractivity contribution in [2.75, 3.05) is 10.6 Å². The number of aromatic nitrogens is 1. The van der Waals surface area contributed by atoms with Gasteiger partial charge in [0.1, 0.15) is 11.6 Å². The van der Waals surface area contributed by atoms with E-state index in [4.69, 9.17) is 16.9 Å². The van der Waals surface area contributed by atoms with Crippen molar-refractivity contribution in [2.45, 2.75) is 6.92 Å². The summed E-state index contributed by atoms with van der Waals surface area (Å²) in [5.74, 6) is -0.507. The number of benzene rings is 1. The summed E-state index contributed by atoms with van der Waals surface area (Å²) in [7, 11) is 0. The third-order valence-corrected chi connectivity index (χ3v) is 3.52. The van der Waals surface area contributed by atoms with Crippen LogP contribution in [0.5, 0.6) is 0 Å². The Kier molecular flexibility index (Phi) is 4.93.